The number of aromatic nitrogens is 2. The second-order valence-corrected chi connectivity index (χ2v) is 2.20. The number of rotatable bonds is 1. The van der Waals surface area contributed by atoms with Crippen LogP contribution in [0.4, 0.5) is 13.2 Å². The summed E-state index contributed by atoms with van der Waals surface area (Å²) in [6.07, 6.45) is -3.71. The van der Waals surface area contributed by atoms with E-state index in [9.17, 15) is 13.2 Å². The first-order valence-corrected chi connectivity index (χ1v) is 3.30. The highest BCUT2D eigenvalue weighted by atomic mass is 19.4. The molecule has 1 rings (SSSR count). The minimum atomic E-state index is -4.55. The first kappa shape index (κ1) is 9.45. The second-order valence-electron chi connectivity index (χ2n) is 2.20. The van der Waals surface area contributed by atoms with Crippen LogP contribution in [0, 0.1) is 11.3 Å². The molecule has 0 unspecified atom stereocenters. The number of alkyl halides is 3. The highest BCUT2D eigenvalue weighted by Crippen LogP contribution is 2.25. The van der Waals surface area contributed by atoms with Gasteiger partial charge in [0.25, 0.3) is 0 Å². The summed E-state index contributed by atoms with van der Waals surface area (Å²) in [6.45, 7) is 0. The number of halogens is 3. The van der Waals surface area contributed by atoms with Gasteiger partial charge in [-0.2, -0.15) is 18.4 Å². The minimum Gasteiger partial charge on any atom is -0.233 e. The molecule has 0 aromatic carbocycles. The van der Waals surface area contributed by atoms with Crippen LogP contribution < -0.4 is 0 Å². The van der Waals surface area contributed by atoms with E-state index < -0.39 is 12.0 Å². The van der Waals surface area contributed by atoms with E-state index in [-0.39, 0.29) is 12.1 Å². The molecule has 0 aliphatic carbocycles. The molecule has 0 bridgehead atoms. The predicted molar refractivity (Wildman–Crippen MR) is 36.4 cm³/mol. The first-order valence-electron chi connectivity index (χ1n) is 3.30. The van der Waals surface area contributed by atoms with E-state index in [4.69, 9.17) is 5.26 Å². The molecule has 0 fully saturated rings. The smallest absolute Gasteiger partial charge is 0.233 e. The highest BCUT2D eigenvalue weighted by molar-refractivity contribution is 5.08. The third-order valence-electron chi connectivity index (χ3n) is 1.23. The molecule has 0 spiro atoms. The summed E-state index contributed by atoms with van der Waals surface area (Å²) >= 11 is 0. The Morgan fingerprint density at radius 2 is 2.15 bits per heavy atom. The zero-order valence-electron chi connectivity index (χ0n) is 6.34. The van der Waals surface area contributed by atoms with Gasteiger partial charge in [-0.25, -0.2) is 9.97 Å². The van der Waals surface area contributed by atoms with Crippen LogP contribution in [0.25, 0.3) is 0 Å². The maximum atomic E-state index is 12.0. The van der Waals surface area contributed by atoms with E-state index >= 15 is 0 Å². The summed E-state index contributed by atoms with van der Waals surface area (Å²) < 4.78 is 36.0. The topological polar surface area (TPSA) is 49.6 Å². The number of nitriles is 1. The van der Waals surface area contributed by atoms with Gasteiger partial charge in [0.05, 0.1) is 18.2 Å². The van der Waals surface area contributed by atoms with Crippen molar-refractivity contribution in [3.63, 3.8) is 0 Å². The SMILES string of the molecule is N#CCc1ccnc(C(F)(F)F)n1. The monoisotopic (exact) mass is 187 g/mol. The predicted octanol–water partition coefficient (Wildman–Crippen LogP) is 1.56. The summed E-state index contributed by atoms with van der Waals surface area (Å²) in [7, 11) is 0. The lowest BCUT2D eigenvalue weighted by Gasteiger charge is -2.04. The van der Waals surface area contributed by atoms with Crippen molar-refractivity contribution < 1.29 is 13.2 Å². The van der Waals surface area contributed by atoms with Gasteiger partial charge in [-0.05, 0) is 6.07 Å². The molecule has 0 aliphatic heterocycles. The van der Waals surface area contributed by atoms with Gasteiger partial charge in [0.1, 0.15) is 0 Å². The van der Waals surface area contributed by atoms with E-state index in [2.05, 4.69) is 9.97 Å². The van der Waals surface area contributed by atoms with E-state index in [1.807, 2.05) is 0 Å². The van der Waals surface area contributed by atoms with Gasteiger partial charge in [-0.15, -0.1) is 0 Å². The normalized spacial score (nSPS) is 10.9. The van der Waals surface area contributed by atoms with Crippen LogP contribution >= 0.6 is 0 Å². The van der Waals surface area contributed by atoms with Gasteiger partial charge in [0, 0.05) is 6.20 Å². The van der Waals surface area contributed by atoms with Gasteiger partial charge in [-0.3, -0.25) is 0 Å². The van der Waals surface area contributed by atoms with E-state index in [0.29, 0.717) is 0 Å². The molecule has 6 heteroatoms. The summed E-state index contributed by atoms with van der Waals surface area (Å²) in [5.74, 6) is -1.21. The Labute approximate surface area is 71.9 Å². The largest absolute Gasteiger partial charge is 0.451 e. The van der Waals surface area contributed by atoms with E-state index in [0.717, 1.165) is 6.20 Å². The van der Waals surface area contributed by atoms with Crippen molar-refractivity contribution in [3.8, 4) is 6.07 Å². The van der Waals surface area contributed by atoms with Crippen LogP contribution in [0.15, 0.2) is 12.3 Å². The van der Waals surface area contributed by atoms with Crippen LogP contribution in [0.1, 0.15) is 11.5 Å². The number of hydrogen-bond acceptors (Lipinski definition) is 3. The molecule has 0 atom stereocenters. The number of nitrogens with zero attached hydrogens (tertiary/aromatic N) is 3. The van der Waals surface area contributed by atoms with Gasteiger partial charge < -0.3 is 0 Å². The van der Waals surface area contributed by atoms with E-state index in [1.165, 1.54) is 6.07 Å². The Morgan fingerprint density at radius 1 is 1.46 bits per heavy atom. The molecule has 1 aromatic rings. The van der Waals surface area contributed by atoms with Crippen LogP contribution in [0.3, 0.4) is 0 Å². The molecule has 13 heavy (non-hydrogen) atoms. The lowest BCUT2D eigenvalue weighted by molar-refractivity contribution is -0.145. The molecular formula is C7H4F3N3. The van der Waals surface area contributed by atoms with Gasteiger partial charge in [0.15, 0.2) is 0 Å². The quantitative estimate of drug-likeness (QED) is 0.670. The molecule has 0 saturated heterocycles. The van der Waals surface area contributed by atoms with Crippen molar-refractivity contribution in [2.75, 3.05) is 0 Å². The lowest BCUT2D eigenvalue weighted by atomic mass is 10.3. The standard InChI is InChI=1S/C7H4F3N3/c8-7(9,10)6-12-4-2-5(13-6)1-3-11/h2,4H,1H2. The molecule has 1 aromatic heterocycles. The third kappa shape index (κ3) is 2.40. The summed E-state index contributed by atoms with van der Waals surface area (Å²) in [5, 5.41) is 8.22. The summed E-state index contributed by atoms with van der Waals surface area (Å²) in [4.78, 5) is 6.22. The zero-order valence-corrected chi connectivity index (χ0v) is 6.34. The molecule has 1 heterocycles. The molecule has 0 amide bonds. The molecule has 3 nitrogen and oxygen atoms in total. The number of hydrogen-bond donors (Lipinski definition) is 0. The Kier molecular flexibility index (Phi) is 2.46. The lowest BCUT2D eigenvalue weighted by Crippen LogP contribution is -2.11. The zero-order chi connectivity index (χ0) is 9.90. The molecule has 68 valence electrons. The maximum absolute atomic E-state index is 12.0. The Balaban J connectivity index is 3.00. The molecule has 0 N–H and O–H groups in total. The highest BCUT2D eigenvalue weighted by Gasteiger charge is 2.34. The third-order valence-corrected chi connectivity index (χ3v) is 1.23. The van der Waals surface area contributed by atoms with Crippen LogP contribution in [-0.2, 0) is 12.6 Å². The molecular weight excluding hydrogens is 183 g/mol. The fourth-order valence-electron chi connectivity index (χ4n) is 0.712. The summed E-state index contributed by atoms with van der Waals surface area (Å²) in [5.41, 5.74) is 0.0739. The van der Waals surface area contributed by atoms with Crippen molar-refractivity contribution in [2.24, 2.45) is 0 Å². The maximum Gasteiger partial charge on any atom is 0.451 e. The Hall–Kier alpha value is -1.64. The van der Waals surface area contributed by atoms with Crippen molar-refractivity contribution in [1.29, 1.82) is 5.26 Å². The van der Waals surface area contributed by atoms with Crippen molar-refractivity contribution >= 4 is 0 Å². The first-order chi connectivity index (χ1) is 6.04. The Morgan fingerprint density at radius 3 is 2.69 bits per heavy atom. The average Bonchev–Trinajstić information content (AvgIpc) is 2.04. The van der Waals surface area contributed by atoms with Crippen LogP contribution in [-0.4, -0.2) is 9.97 Å². The van der Waals surface area contributed by atoms with Crippen molar-refractivity contribution in [2.45, 2.75) is 12.6 Å². The van der Waals surface area contributed by atoms with Gasteiger partial charge in [-0.1, -0.05) is 0 Å². The Bertz CT molecular complexity index is 340. The van der Waals surface area contributed by atoms with Crippen molar-refractivity contribution in [1.82, 2.24) is 9.97 Å². The fourth-order valence-corrected chi connectivity index (χ4v) is 0.712. The molecule has 0 radical (unpaired) electrons. The van der Waals surface area contributed by atoms with E-state index in [1.54, 1.807) is 6.07 Å². The minimum absolute atomic E-state index is 0.0739. The van der Waals surface area contributed by atoms with Gasteiger partial charge in [0.2, 0.25) is 5.82 Å². The van der Waals surface area contributed by atoms with Crippen LogP contribution in [0.2, 0.25) is 0 Å². The fraction of sp³-hybridized carbons (Fsp3) is 0.286. The van der Waals surface area contributed by atoms with Crippen molar-refractivity contribution in [3.05, 3.63) is 23.8 Å². The van der Waals surface area contributed by atoms with Crippen LogP contribution in [0.5, 0.6) is 0 Å². The molecule has 0 aliphatic rings. The average molecular weight is 187 g/mol. The summed E-state index contributed by atoms with van der Waals surface area (Å²) in [6, 6.07) is 2.98. The van der Waals surface area contributed by atoms with Gasteiger partial charge >= 0.3 is 6.18 Å². The second kappa shape index (κ2) is 3.39. The molecule has 0 saturated carbocycles.